The molecular formula is C127H189F3N16O3S+2. The molecule has 19 nitrogen and oxygen atoms in total. The van der Waals surface area contributed by atoms with Crippen LogP contribution in [0.25, 0.3) is 9.69 Å². The van der Waals surface area contributed by atoms with Crippen molar-refractivity contribution >= 4 is 112 Å². The average Bonchev–Trinajstić information content (AvgIpc) is 0.789. The number of quaternary nitrogens is 3. The zero-order valence-corrected chi connectivity index (χ0v) is 96.3. The van der Waals surface area contributed by atoms with E-state index in [1.807, 2.05) is 19.2 Å². The molecule has 9 aromatic rings. The second kappa shape index (κ2) is 70.8. The number of alkyl halides is 3. The molecule has 9 aromatic carbocycles. The quantitative estimate of drug-likeness (QED) is 0.0188. The molecule has 9 atom stereocenters. The first kappa shape index (κ1) is 127. The average molecular weight is 2080 g/mol. The van der Waals surface area contributed by atoms with Crippen molar-refractivity contribution in [3.8, 4) is 12.1 Å². The summed E-state index contributed by atoms with van der Waals surface area (Å²) in [6.07, 6.45) is 33.9. The minimum Gasteiger partial charge on any atom is -0.741 e. The number of hydrogen-bond donors (Lipinski definition) is 3. The van der Waals surface area contributed by atoms with Crippen LogP contribution in [0.3, 0.4) is 0 Å². The van der Waals surface area contributed by atoms with Gasteiger partial charge in [-0.25, -0.2) is 21.6 Å². The largest absolute Gasteiger partial charge is 0.741 e. The van der Waals surface area contributed by atoms with Crippen LogP contribution in [0.4, 0.5) is 116 Å². The lowest BCUT2D eigenvalue weighted by Gasteiger charge is -2.33. The third-order valence-corrected chi connectivity index (χ3v) is 30.6. The number of hydrogen-bond acceptors (Lipinski definition) is 14. The van der Waals surface area contributed by atoms with Crippen molar-refractivity contribution in [2.45, 2.75) is 308 Å². The van der Waals surface area contributed by atoms with E-state index in [1.165, 1.54) is 263 Å². The van der Waals surface area contributed by atoms with Gasteiger partial charge in [-0.1, -0.05) is 200 Å². The third-order valence-electron chi connectivity index (χ3n) is 30.0. The summed E-state index contributed by atoms with van der Waals surface area (Å²) < 4.78 is 58.9. The first-order valence-electron chi connectivity index (χ1n) is 57.1. The van der Waals surface area contributed by atoms with Crippen molar-refractivity contribution in [2.75, 3.05) is 164 Å². The summed E-state index contributed by atoms with van der Waals surface area (Å²) in [7, 11) is 2.55. The summed E-state index contributed by atoms with van der Waals surface area (Å²) >= 11 is 0. The zero-order chi connectivity index (χ0) is 110. The molecule has 820 valence electrons. The second-order valence-corrected chi connectivity index (χ2v) is 42.2. The highest BCUT2D eigenvalue weighted by molar-refractivity contribution is 7.86. The maximum Gasteiger partial charge on any atom is 0.485 e. The number of nitrogens with one attached hydrogen (secondary N) is 3. The van der Waals surface area contributed by atoms with E-state index in [4.69, 9.17) is 36.6 Å². The van der Waals surface area contributed by atoms with Crippen molar-refractivity contribution in [3.63, 3.8) is 0 Å². The van der Waals surface area contributed by atoms with E-state index in [-0.39, 0.29) is 0 Å². The SMILES string of the molecule is CCCCC(CC)CN(CC(CC)CCCC)c1ccc(N(C)c2ccc([NH+](C)c3ccc(N(CC(CC)CCCC)CC(CC)CCCC)cc3)cc2)cc1.CCCCN(CCCC)c1ccc(N(c2ccc([NH+](c3ccc(N(CCCC)CCCC)cc3)C(C)CC)cc2)C(C)CC)cc1.O=S(=O)([O-])C(F)(F)F.[C-]#[N+]CCN(CCC#N)c1ccc(N(C)c2ccc([NH+](C)c3ccc(N(CCC#N)CC[N+]#[C-])cc3)cc2)cc1. The predicted octanol–water partition coefficient (Wildman–Crippen LogP) is 30.8. The molecule has 0 heterocycles. The Hall–Kier alpha value is -11.3. The van der Waals surface area contributed by atoms with E-state index < -0.39 is 15.6 Å². The monoisotopic (exact) mass is 2080 g/mol. The highest BCUT2D eigenvalue weighted by atomic mass is 32.2. The highest BCUT2D eigenvalue weighted by Gasteiger charge is 2.37. The van der Waals surface area contributed by atoms with Crippen LogP contribution in [0.15, 0.2) is 218 Å². The molecule has 0 aliphatic heterocycles. The Labute approximate surface area is 907 Å². The fraction of sp³-hybridized carbons (Fsp3) is 0.543. The van der Waals surface area contributed by atoms with Gasteiger partial charge in [0.1, 0.15) is 34.1 Å². The van der Waals surface area contributed by atoms with E-state index in [0.717, 1.165) is 96.8 Å². The Balaban J connectivity index is 0.000000334. The Kier molecular flexibility index (Phi) is 60.1. The lowest BCUT2D eigenvalue weighted by molar-refractivity contribution is -0.789. The van der Waals surface area contributed by atoms with Crippen molar-refractivity contribution in [3.05, 3.63) is 241 Å². The molecule has 0 spiro atoms. The van der Waals surface area contributed by atoms with E-state index >= 15 is 0 Å². The van der Waals surface area contributed by atoms with Gasteiger partial charge in [-0.15, -0.1) is 0 Å². The maximum absolute atomic E-state index is 10.7. The van der Waals surface area contributed by atoms with E-state index in [2.05, 4.69) is 404 Å². The first-order chi connectivity index (χ1) is 72.4. The molecular weight excluding hydrogens is 1890 g/mol. The summed E-state index contributed by atoms with van der Waals surface area (Å²) in [6.45, 7) is 64.0. The molecule has 0 fully saturated rings. The number of nitriles is 2. The zero-order valence-electron chi connectivity index (χ0n) is 95.5. The summed E-state index contributed by atoms with van der Waals surface area (Å²) in [5.41, 5.74) is 16.5. The summed E-state index contributed by atoms with van der Waals surface area (Å²) in [5, 5.41) is 17.9. The van der Waals surface area contributed by atoms with Gasteiger partial charge in [0.05, 0.1) is 58.2 Å². The van der Waals surface area contributed by atoms with Gasteiger partial charge >= 0.3 is 5.51 Å². The van der Waals surface area contributed by atoms with Crippen LogP contribution < -0.4 is 58.8 Å². The van der Waals surface area contributed by atoms with E-state index in [0.29, 0.717) is 64.2 Å². The fourth-order valence-electron chi connectivity index (χ4n) is 19.5. The normalized spacial score (nSPS) is 13.0. The van der Waals surface area contributed by atoms with Crippen molar-refractivity contribution in [2.24, 2.45) is 23.7 Å². The molecule has 9 unspecified atom stereocenters. The highest BCUT2D eigenvalue weighted by Crippen LogP contribution is 2.37. The number of halogens is 3. The number of rotatable bonds is 66. The van der Waals surface area contributed by atoms with Crippen molar-refractivity contribution in [1.82, 2.24) is 0 Å². The van der Waals surface area contributed by atoms with Crippen LogP contribution in [-0.2, 0) is 10.1 Å². The van der Waals surface area contributed by atoms with Crippen LogP contribution >= 0.6 is 0 Å². The van der Waals surface area contributed by atoms with Gasteiger partial charge in [-0.3, -0.25) is 14.7 Å². The van der Waals surface area contributed by atoms with Crippen LogP contribution in [0.1, 0.15) is 291 Å². The van der Waals surface area contributed by atoms with Gasteiger partial charge in [0.2, 0.25) is 13.1 Å². The molecule has 0 aliphatic carbocycles. The Bertz CT molecular complexity index is 5000. The standard InChI is InChI=1S/C52H86N4.C42H66N4.C32H34N8.CHF3O3S/c1-11-19-23-43(15-5)39-55(40-44(16-6)24-20-12-2)51-35-31-49(32-36-51)53(9)47-27-29-48(30-28-47)54(10)50-33-37-52(38-34-50)56(41-45(17-7)25-21-13-3)42-46(18-8)26-22-14-4;1-9-15-31-43(32-16-10-2)37-19-23-39(24-20-37)45(35(7)13-5)41-27-29-42(30-28-41)46(36(8)14-6)40-25-21-38(22-26-40)44(33-17-11-3)34-18-12-4;1-35-21-25-39(23-5-19-33)31-15-11-29(12-16-31)37(3)27-7-9-28(10-8-27)38(4)30-13-17-32(18-14-30)40(24-6-20-34)26-22-36-2;2-1(3,4)8(5,6)7/h27-38,43-46H,11-26,39-42H2,1-10H3;19-30,35-36H,9-18,31-34H2,1-8H3;7-18H,5-6,21-26H2,3-4H3;(H,5,6,7)/p+2. The molecule has 150 heavy (non-hydrogen) atoms. The lowest BCUT2D eigenvalue weighted by Crippen LogP contribution is -3.06. The van der Waals surface area contributed by atoms with E-state index in [9.17, 15) is 13.2 Å². The summed E-state index contributed by atoms with van der Waals surface area (Å²) in [6, 6.07) is 86.7. The summed E-state index contributed by atoms with van der Waals surface area (Å²) in [5.74, 6) is 3.04. The van der Waals surface area contributed by atoms with Crippen molar-refractivity contribution < 1.29 is 40.8 Å². The summed E-state index contributed by atoms with van der Waals surface area (Å²) in [4.78, 5) is 32.6. The van der Waals surface area contributed by atoms with Crippen LogP contribution in [-0.4, -0.2) is 150 Å². The van der Waals surface area contributed by atoms with Gasteiger partial charge in [0.15, 0.2) is 10.1 Å². The Morgan fingerprint density at radius 3 is 0.753 bits per heavy atom. The molecule has 23 heteroatoms. The minimum absolute atomic E-state index is 0.405. The Morgan fingerprint density at radius 2 is 0.533 bits per heavy atom. The molecule has 0 aromatic heterocycles. The molecule has 0 aliphatic rings. The molecule has 0 amide bonds. The number of anilines is 12. The smallest absolute Gasteiger partial charge is 0.485 e. The number of benzene rings is 9. The molecule has 0 saturated carbocycles. The van der Waals surface area contributed by atoms with Crippen molar-refractivity contribution in [1.29, 1.82) is 10.5 Å². The first-order valence-corrected chi connectivity index (χ1v) is 58.5. The minimum atomic E-state index is -6.09. The molecule has 9 rings (SSSR count). The van der Waals surface area contributed by atoms with Crippen LogP contribution in [0.5, 0.6) is 0 Å². The van der Waals surface area contributed by atoms with E-state index in [1.54, 1.807) is 0 Å². The van der Waals surface area contributed by atoms with Gasteiger partial charge in [0.25, 0.3) is 0 Å². The van der Waals surface area contributed by atoms with Gasteiger partial charge in [-0.2, -0.15) is 23.7 Å². The predicted molar refractivity (Wildman–Crippen MR) is 634 cm³/mol. The fourth-order valence-corrected chi connectivity index (χ4v) is 19.5. The lowest BCUT2D eigenvalue weighted by atomic mass is 9.95. The maximum atomic E-state index is 10.7. The van der Waals surface area contributed by atoms with Gasteiger partial charge in [0, 0.05) is 227 Å². The third kappa shape index (κ3) is 42.4. The van der Waals surface area contributed by atoms with Crippen LogP contribution in [0, 0.1) is 59.5 Å². The van der Waals surface area contributed by atoms with Crippen LogP contribution in [0.2, 0.25) is 0 Å². The number of unbranched alkanes of at least 4 members (excludes halogenated alkanes) is 8. The van der Waals surface area contributed by atoms with Gasteiger partial charge in [-0.05, 0) is 247 Å². The molecule has 0 saturated heterocycles. The Morgan fingerprint density at radius 1 is 0.320 bits per heavy atom. The van der Waals surface area contributed by atoms with Gasteiger partial charge < -0.3 is 58.3 Å². The molecule has 0 bridgehead atoms. The molecule has 0 radical (unpaired) electrons. The number of nitrogens with zero attached hydrogens (tertiary/aromatic N) is 13. The topological polar surface area (TPSA) is 156 Å². The molecule has 3 N–H and O–H groups in total. The second-order valence-electron chi connectivity index (χ2n) is 40.9.